The second kappa shape index (κ2) is 5.61. The predicted octanol–water partition coefficient (Wildman–Crippen LogP) is 2.33. The monoisotopic (exact) mass is 214 g/mol. The highest BCUT2D eigenvalue weighted by Crippen LogP contribution is 2.17. The van der Waals surface area contributed by atoms with Crippen molar-refractivity contribution in [1.29, 1.82) is 0 Å². The maximum Gasteiger partial charge on any atom is 0.135 e. The van der Waals surface area contributed by atoms with Crippen LogP contribution in [0, 0.1) is 0 Å². The van der Waals surface area contributed by atoms with E-state index in [0.717, 1.165) is 19.3 Å². The van der Waals surface area contributed by atoms with Gasteiger partial charge in [-0.05, 0) is 33.6 Å². The maximum atomic E-state index is 11.2. The van der Waals surface area contributed by atoms with Crippen LogP contribution >= 0.6 is 0 Å². The number of ketones is 1. The van der Waals surface area contributed by atoms with Crippen LogP contribution in [0.5, 0.6) is 0 Å². The molecule has 0 aromatic rings. The van der Waals surface area contributed by atoms with Crippen LogP contribution in [0.3, 0.4) is 0 Å². The lowest BCUT2D eigenvalue weighted by atomic mass is 9.96. The Morgan fingerprint density at radius 1 is 1.33 bits per heavy atom. The van der Waals surface area contributed by atoms with E-state index in [0.29, 0.717) is 25.4 Å². The number of hydrogen-bond acceptors (Lipinski definition) is 3. The van der Waals surface area contributed by atoms with Crippen molar-refractivity contribution >= 4 is 5.78 Å². The molecule has 1 rings (SSSR count). The average Bonchev–Trinajstić information content (AvgIpc) is 2.11. The normalized spacial score (nSPS) is 23.1. The number of Topliss-reactive ketones (excluding diaryl/α,β-unsaturated/α-hetero) is 1. The molecule has 0 saturated heterocycles. The zero-order valence-electron chi connectivity index (χ0n) is 10.0. The first-order chi connectivity index (χ1) is 6.97. The number of rotatable bonds is 4. The third kappa shape index (κ3) is 5.90. The van der Waals surface area contributed by atoms with Crippen molar-refractivity contribution in [2.45, 2.75) is 58.2 Å². The minimum Gasteiger partial charge on any atom is -0.375 e. The summed E-state index contributed by atoms with van der Waals surface area (Å²) in [4.78, 5) is 11.2. The fourth-order valence-electron chi connectivity index (χ4n) is 1.69. The second-order valence-electron chi connectivity index (χ2n) is 5.09. The molecule has 0 heterocycles. The molecule has 1 unspecified atom stereocenters. The number of carbonyl (C=O) groups is 1. The lowest BCUT2D eigenvalue weighted by molar-refractivity contribution is -0.125. The fraction of sp³-hybridized carbons (Fsp3) is 0.917. The Labute approximate surface area is 92.1 Å². The van der Waals surface area contributed by atoms with Crippen molar-refractivity contribution in [2.75, 3.05) is 13.2 Å². The summed E-state index contributed by atoms with van der Waals surface area (Å²) < 4.78 is 11.1. The summed E-state index contributed by atoms with van der Waals surface area (Å²) in [7, 11) is 0. The molecule has 3 nitrogen and oxygen atoms in total. The minimum absolute atomic E-state index is 0.105. The van der Waals surface area contributed by atoms with Crippen molar-refractivity contribution in [3.63, 3.8) is 0 Å². The molecule has 0 radical (unpaired) electrons. The number of hydrogen-bond donors (Lipinski definition) is 0. The molecular formula is C12H22O3. The van der Waals surface area contributed by atoms with E-state index in [2.05, 4.69) is 0 Å². The first-order valence-electron chi connectivity index (χ1n) is 5.74. The molecule has 0 aromatic carbocycles. The SMILES string of the molecule is CC(C)(C)OCCOC1CCCC(=O)C1. The standard InChI is InChI=1S/C12H22O3/c1-12(2,3)15-8-7-14-11-6-4-5-10(13)9-11/h11H,4-9H2,1-3H3. The van der Waals surface area contributed by atoms with Crippen molar-refractivity contribution in [2.24, 2.45) is 0 Å². The van der Waals surface area contributed by atoms with Crippen LogP contribution in [-0.2, 0) is 14.3 Å². The summed E-state index contributed by atoms with van der Waals surface area (Å²) in [5.41, 5.74) is -0.105. The maximum absolute atomic E-state index is 11.2. The van der Waals surface area contributed by atoms with Gasteiger partial charge in [0.25, 0.3) is 0 Å². The fourth-order valence-corrected chi connectivity index (χ4v) is 1.69. The molecule has 3 heteroatoms. The highest BCUT2D eigenvalue weighted by molar-refractivity contribution is 5.79. The van der Waals surface area contributed by atoms with Gasteiger partial charge in [0.15, 0.2) is 0 Å². The first-order valence-corrected chi connectivity index (χ1v) is 5.74. The zero-order valence-corrected chi connectivity index (χ0v) is 10.0. The molecule has 0 aliphatic heterocycles. The topological polar surface area (TPSA) is 35.5 Å². The van der Waals surface area contributed by atoms with Crippen molar-refractivity contribution < 1.29 is 14.3 Å². The molecular weight excluding hydrogens is 192 g/mol. The van der Waals surface area contributed by atoms with Gasteiger partial charge in [-0.25, -0.2) is 0 Å². The molecule has 1 fully saturated rings. The molecule has 0 amide bonds. The van der Waals surface area contributed by atoms with E-state index in [1.54, 1.807) is 0 Å². The van der Waals surface area contributed by atoms with E-state index in [1.807, 2.05) is 20.8 Å². The number of carbonyl (C=O) groups excluding carboxylic acids is 1. The quantitative estimate of drug-likeness (QED) is 0.674. The van der Waals surface area contributed by atoms with Crippen LogP contribution in [0.25, 0.3) is 0 Å². The van der Waals surface area contributed by atoms with Crippen LogP contribution in [0.15, 0.2) is 0 Å². The van der Waals surface area contributed by atoms with Crippen LogP contribution in [0.1, 0.15) is 46.5 Å². The third-order valence-electron chi connectivity index (χ3n) is 2.41. The van der Waals surface area contributed by atoms with E-state index >= 15 is 0 Å². The Morgan fingerprint density at radius 3 is 2.67 bits per heavy atom. The largest absolute Gasteiger partial charge is 0.375 e. The Balaban J connectivity index is 2.07. The smallest absolute Gasteiger partial charge is 0.135 e. The van der Waals surface area contributed by atoms with Crippen LogP contribution in [0.4, 0.5) is 0 Å². The minimum atomic E-state index is -0.105. The first kappa shape index (κ1) is 12.7. The molecule has 1 saturated carbocycles. The molecule has 0 N–H and O–H groups in total. The van der Waals surface area contributed by atoms with Crippen molar-refractivity contribution in [3.8, 4) is 0 Å². The van der Waals surface area contributed by atoms with Gasteiger partial charge in [0.05, 0.1) is 24.9 Å². The van der Waals surface area contributed by atoms with E-state index in [9.17, 15) is 4.79 Å². The Kier molecular flexibility index (Phi) is 4.74. The Hall–Kier alpha value is -0.410. The van der Waals surface area contributed by atoms with Gasteiger partial charge >= 0.3 is 0 Å². The van der Waals surface area contributed by atoms with Gasteiger partial charge in [-0.15, -0.1) is 0 Å². The highest BCUT2D eigenvalue weighted by atomic mass is 16.5. The van der Waals surface area contributed by atoms with Gasteiger partial charge in [-0.3, -0.25) is 4.79 Å². The molecule has 88 valence electrons. The van der Waals surface area contributed by atoms with Gasteiger partial charge < -0.3 is 9.47 Å². The predicted molar refractivity (Wildman–Crippen MR) is 58.9 cm³/mol. The van der Waals surface area contributed by atoms with Crippen molar-refractivity contribution in [1.82, 2.24) is 0 Å². The summed E-state index contributed by atoms with van der Waals surface area (Å²) in [6.45, 7) is 7.27. The molecule has 0 aromatic heterocycles. The van der Waals surface area contributed by atoms with E-state index in [4.69, 9.17) is 9.47 Å². The highest BCUT2D eigenvalue weighted by Gasteiger charge is 2.19. The van der Waals surface area contributed by atoms with E-state index in [1.165, 1.54) is 0 Å². The van der Waals surface area contributed by atoms with E-state index in [-0.39, 0.29) is 11.7 Å². The third-order valence-corrected chi connectivity index (χ3v) is 2.41. The van der Waals surface area contributed by atoms with Crippen LogP contribution in [-0.4, -0.2) is 30.7 Å². The summed E-state index contributed by atoms with van der Waals surface area (Å²) in [6, 6.07) is 0. The summed E-state index contributed by atoms with van der Waals surface area (Å²) in [6.07, 6.45) is 3.45. The van der Waals surface area contributed by atoms with E-state index < -0.39 is 0 Å². The lowest BCUT2D eigenvalue weighted by Gasteiger charge is -2.23. The van der Waals surface area contributed by atoms with Gasteiger partial charge in [-0.1, -0.05) is 0 Å². The lowest BCUT2D eigenvalue weighted by Crippen LogP contribution is -2.26. The van der Waals surface area contributed by atoms with Gasteiger partial charge in [0.2, 0.25) is 0 Å². The van der Waals surface area contributed by atoms with Gasteiger partial charge in [-0.2, -0.15) is 0 Å². The van der Waals surface area contributed by atoms with Gasteiger partial charge in [0.1, 0.15) is 5.78 Å². The van der Waals surface area contributed by atoms with Crippen LogP contribution < -0.4 is 0 Å². The Morgan fingerprint density at radius 2 is 2.07 bits per heavy atom. The molecule has 0 bridgehead atoms. The summed E-state index contributed by atoms with van der Waals surface area (Å²) in [5.74, 6) is 0.336. The van der Waals surface area contributed by atoms with Crippen LogP contribution in [0.2, 0.25) is 0 Å². The zero-order chi connectivity index (χ0) is 11.3. The number of ether oxygens (including phenoxy) is 2. The summed E-state index contributed by atoms with van der Waals surface area (Å²) in [5, 5.41) is 0. The molecule has 1 aliphatic rings. The molecule has 0 spiro atoms. The molecule has 15 heavy (non-hydrogen) atoms. The Bertz CT molecular complexity index is 205. The summed E-state index contributed by atoms with van der Waals surface area (Å²) >= 11 is 0. The van der Waals surface area contributed by atoms with Gasteiger partial charge in [0, 0.05) is 12.8 Å². The van der Waals surface area contributed by atoms with Crippen molar-refractivity contribution in [3.05, 3.63) is 0 Å². The average molecular weight is 214 g/mol. The molecule has 1 atom stereocenters. The second-order valence-corrected chi connectivity index (χ2v) is 5.09. The molecule has 1 aliphatic carbocycles.